The summed E-state index contributed by atoms with van der Waals surface area (Å²) in [5.41, 5.74) is 3.01. The number of hydrogen-bond donors (Lipinski definition) is 0. The van der Waals surface area contributed by atoms with E-state index in [0.717, 1.165) is 42.8 Å². The molecule has 1 nitrogen and oxygen atoms in total. The molecule has 0 heterocycles. The summed E-state index contributed by atoms with van der Waals surface area (Å²) in [5.74, 6) is 4.82. The molecule has 4 aliphatic carbocycles. The number of allylic oxidation sites excluding steroid dienone is 2. The Morgan fingerprint density at radius 1 is 1.00 bits per heavy atom. The fourth-order valence-electron chi connectivity index (χ4n) is 8.21. The average molecular weight is 359 g/mol. The Morgan fingerprint density at radius 3 is 2.62 bits per heavy atom. The Labute approximate surface area is 162 Å². The van der Waals surface area contributed by atoms with Crippen molar-refractivity contribution in [1.29, 1.82) is 0 Å². The van der Waals surface area contributed by atoms with E-state index in [-0.39, 0.29) is 0 Å². The SMILES string of the molecule is CC/C=C1/CC[C@H]2[C@@H]3CC[C@@H]4C[C@@H](COCC)CC[C@]4(C)[C@H]3CC[C@]12C. The van der Waals surface area contributed by atoms with E-state index in [1.54, 1.807) is 0 Å². The van der Waals surface area contributed by atoms with Gasteiger partial charge in [0.05, 0.1) is 0 Å². The maximum Gasteiger partial charge on any atom is 0.0494 e. The van der Waals surface area contributed by atoms with Crippen molar-refractivity contribution in [2.75, 3.05) is 13.2 Å². The van der Waals surface area contributed by atoms with Crippen LogP contribution in [0.3, 0.4) is 0 Å². The topological polar surface area (TPSA) is 9.23 Å². The van der Waals surface area contributed by atoms with Crippen LogP contribution in [0.4, 0.5) is 0 Å². The van der Waals surface area contributed by atoms with Crippen molar-refractivity contribution in [3.8, 4) is 0 Å². The minimum absolute atomic E-state index is 0.548. The number of rotatable bonds is 4. The Kier molecular flexibility index (Phi) is 5.32. The van der Waals surface area contributed by atoms with Crippen LogP contribution >= 0.6 is 0 Å². The van der Waals surface area contributed by atoms with Crippen LogP contribution in [0.5, 0.6) is 0 Å². The van der Waals surface area contributed by atoms with Crippen molar-refractivity contribution in [2.45, 2.75) is 91.9 Å². The molecule has 0 unspecified atom stereocenters. The summed E-state index contributed by atoms with van der Waals surface area (Å²) in [6.45, 7) is 11.7. The Balaban J connectivity index is 1.51. The molecule has 1 heteroatoms. The molecule has 0 aromatic carbocycles. The van der Waals surface area contributed by atoms with Crippen LogP contribution in [0.25, 0.3) is 0 Å². The van der Waals surface area contributed by atoms with Crippen LogP contribution in [0.2, 0.25) is 0 Å². The van der Waals surface area contributed by atoms with E-state index in [0.29, 0.717) is 10.8 Å². The molecule has 0 bridgehead atoms. The second kappa shape index (κ2) is 7.26. The zero-order valence-corrected chi connectivity index (χ0v) is 17.9. The normalized spacial score (nSPS) is 49.5. The van der Waals surface area contributed by atoms with Gasteiger partial charge in [-0.1, -0.05) is 32.4 Å². The van der Waals surface area contributed by atoms with Crippen LogP contribution in [-0.4, -0.2) is 13.2 Å². The molecule has 0 aromatic heterocycles. The van der Waals surface area contributed by atoms with Crippen LogP contribution < -0.4 is 0 Å². The van der Waals surface area contributed by atoms with Crippen molar-refractivity contribution >= 4 is 0 Å². The van der Waals surface area contributed by atoms with Gasteiger partial charge in [0.2, 0.25) is 0 Å². The Morgan fingerprint density at radius 2 is 1.85 bits per heavy atom. The first-order chi connectivity index (χ1) is 12.5. The summed E-state index contributed by atoms with van der Waals surface area (Å²) in [6.07, 6.45) is 17.0. The van der Waals surface area contributed by atoms with E-state index >= 15 is 0 Å². The molecule has 148 valence electrons. The van der Waals surface area contributed by atoms with Crippen LogP contribution in [0.1, 0.15) is 91.9 Å². The predicted molar refractivity (Wildman–Crippen MR) is 110 cm³/mol. The van der Waals surface area contributed by atoms with Gasteiger partial charge >= 0.3 is 0 Å². The lowest BCUT2D eigenvalue weighted by molar-refractivity contribution is -0.111. The molecule has 4 aliphatic rings. The third kappa shape index (κ3) is 2.92. The quantitative estimate of drug-likeness (QED) is 0.491. The highest BCUT2D eigenvalue weighted by molar-refractivity contribution is 5.24. The van der Waals surface area contributed by atoms with Gasteiger partial charge in [0.25, 0.3) is 0 Å². The van der Waals surface area contributed by atoms with Crippen LogP contribution in [0.15, 0.2) is 11.6 Å². The van der Waals surface area contributed by atoms with E-state index in [9.17, 15) is 0 Å². The zero-order valence-electron chi connectivity index (χ0n) is 17.9. The zero-order chi connectivity index (χ0) is 18.4. The monoisotopic (exact) mass is 358 g/mol. The van der Waals surface area contributed by atoms with E-state index in [1.807, 2.05) is 5.57 Å². The Bertz CT molecular complexity index is 536. The highest BCUT2D eigenvalue weighted by Crippen LogP contribution is 2.67. The molecule has 4 fully saturated rings. The van der Waals surface area contributed by atoms with Gasteiger partial charge in [0, 0.05) is 13.2 Å². The van der Waals surface area contributed by atoms with E-state index < -0.39 is 0 Å². The highest BCUT2D eigenvalue weighted by atomic mass is 16.5. The maximum atomic E-state index is 5.79. The molecule has 0 amide bonds. The third-order valence-electron chi connectivity index (χ3n) is 9.63. The molecule has 4 rings (SSSR count). The molecule has 7 atom stereocenters. The second-order valence-electron chi connectivity index (χ2n) is 10.6. The minimum atomic E-state index is 0.548. The van der Waals surface area contributed by atoms with Crippen LogP contribution in [-0.2, 0) is 4.74 Å². The first-order valence-corrected chi connectivity index (χ1v) is 11.8. The predicted octanol–water partition coefficient (Wildman–Crippen LogP) is 7.02. The fraction of sp³-hybridized carbons (Fsp3) is 0.920. The second-order valence-corrected chi connectivity index (χ2v) is 10.6. The standard InChI is InChI=1S/C25H42O/c1-5-7-19-9-11-22-21-10-8-20-16-18(17-26-6-2)12-14-25(20,4)23(21)13-15-24(19,22)3/h7,18,20-23H,5-6,8-17H2,1-4H3/b19-7-/t18-,20+,21-,22-,23-,24+,25-/m0/s1. The van der Waals surface area contributed by atoms with Gasteiger partial charge in [-0.2, -0.15) is 0 Å². The van der Waals surface area contributed by atoms with Crippen LogP contribution in [0, 0.1) is 40.4 Å². The lowest BCUT2D eigenvalue weighted by Gasteiger charge is -2.60. The maximum absolute atomic E-state index is 5.79. The van der Waals surface area contributed by atoms with Gasteiger partial charge in [-0.25, -0.2) is 0 Å². The van der Waals surface area contributed by atoms with Crippen molar-refractivity contribution in [1.82, 2.24) is 0 Å². The van der Waals surface area contributed by atoms with Crippen molar-refractivity contribution in [3.63, 3.8) is 0 Å². The molecule has 0 N–H and O–H groups in total. The van der Waals surface area contributed by atoms with Crippen molar-refractivity contribution in [3.05, 3.63) is 11.6 Å². The molecule has 0 spiro atoms. The van der Waals surface area contributed by atoms with Crippen molar-refractivity contribution in [2.24, 2.45) is 40.4 Å². The summed E-state index contributed by atoms with van der Waals surface area (Å²) >= 11 is 0. The fourth-order valence-corrected chi connectivity index (χ4v) is 8.21. The molecule has 26 heavy (non-hydrogen) atoms. The third-order valence-corrected chi connectivity index (χ3v) is 9.63. The van der Waals surface area contributed by atoms with E-state index in [4.69, 9.17) is 4.74 Å². The summed E-state index contributed by atoms with van der Waals surface area (Å²) < 4.78 is 5.79. The summed E-state index contributed by atoms with van der Waals surface area (Å²) in [4.78, 5) is 0. The Hall–Kier alpha value is -0.300. The highest BCUT2D eigenvalue weighted by Gasteiger charge is 2.58. The molecule has 0 aromatic rings. The van der Waals surface area contributed by atoms with Crippen molar-refractivity contribution < 1.29 is 4.74 Å². The summed E-state index contributed by atoms with van der Waals surface area (Å²) in [5, 5.41) is 0. The molecule has 0 aliphatic heterocycles. The van der Waals surface area contributed by atoms with E-state index in [1.165, 1.54) is 64.2 Å². The van der Waals surface area contributed by atoms with Gasteiger partial charge < -0.3 is 4.74 Å². The van der Waals surface area contributed by atoms with E-state index in [2.05, 4.69) is 33.8 Å². The van der Waals surface area contributed by atoms with Gasteiger partial charge in [-0.05, 0) is 112 Å². The average Bonchev–Trinajstić information content (AvgIpc) is 2.97. The lowest BCUT2D eigenvalue weighted by atomic mass is 9.44. The largest absolute Gasteiger partial charge is 0.381 e. The summed E-state index contributed by atoms with van der Waals surface area (Å²) in [6, 6.07) is 0. The lowest BCUT2D eigenvalue weighted by Crippen LogP contribution is -2.53. The molecule has 0 saturated heterocycles. The number of fused-ring (bicyclic) bond motifs is 5. The molecule has 0 radical (unpaired) electrons. The summed E-state index contributed by atoms with van der Waals surface area (Å²) in [7, 11) is 0. The van der Waals surface area contributed by atoms with Gasteiger partial charge in [-0.15, -0.1) is 0 Å². The molecular weight excluding hydrogens is 316 g/mol. The first-order valence-electron chi connectivity index (χ1n) is 11.8. The van der Waals surface area contributed by atoms with Gasteiger partial charge in [0.1, 0.15) is 0 Å². The number of hydrogen-bond acceptors (Lipinski definition) is 1. The smallest absolute Gasteiger partial charge is 0.0494 e. The minimum Gasteiger partial charge on any atom is -0.381 e. The first kappa shape index (κ1) is 19.0. The van der Waals surface area contributed by atoms with Gasteiger partial charge in [0.15, 0.2) is 0 Å². The molecular formula is C25H42O. The van der Waals surface area contributed by atoms with Gasteiger partial charge in [-0.3, -0.25) is 0 Å². The number of ether oxygens (including phenoxy) is 1. The molecule has 4 saturated carbocycles.